The van der Waals surface area contributed by atoms with E-state index in [2.05, 4.69) is 0 Å². The van der Waals surface area contributed by atoms with Gasteiger partial charge in [0.25, 0.3) is 0 Å². The molecule has 0 spiro atoms. The highest BCUT2D eigenvalue weighted by molar-refractivity contribution is 5.66. The largest absolute Gasteiger partial charge is 0.455 e. The molecule has 0 aliphatic heterocycles. The third-order valence-corrected chi connectivity index (χ3v) is 1.65. The van der Waals surface area contributed by atoms with E-state index in [1.54, 1.807) is 6.92 Å². The maximum absolute atomic E-state index is 10.6. The topological polar surface area (TPSA) is 35.5 Å². The number of carbonyl (C=O) groups is 1. The predicted octanol–water partition coefficient (Wildman–Crippen LogP) is 2.28. The summed E-state index contributed by atoms with van der Waals surface area (Å²) >= 11 is 0. The normalized spacial score (nSPS) is 11.9. The molecule has 0 saturated carbocycles. The quantitative estimate of drug-likeness (QED) is 0.547. The van der Waals surface area contributed by atoms with Gasteiger partial charge in [-0.3, -0.25) is 4.79 Å². The van der Waals surface area contributed by atoms with Gasteiger partial charge < -0.3 is 9.47 Å². The molecule has 1 unspecified atom stereocenters. The Hall–Kier alpha value is -1.51. The molecule has 1 atom stereocenters. The summed E-state index contributed by atoms with van der Waals surface area (Å²) in [5.74, 6) is 0.356. The highest BCUT2D eigenvalue weighted by Gasteiger charge is 2.05. The Morgan fingerprint density at radius 3 is 2.36 bits per heavy atom. The molecule has 3 nitrogen and oxygen atoms in total. The lowest BCUT2D eigenvalue weighted by Crippen LogP contribution is -2.18. The first-order valence-electron chi connectivity index (χ1n) is 4.48. The summed E-state index contributed by atoms with van der Waals surface area (Å²) in [4.78, 5) is 10.6. The number of ether oxygens (including phenoxy) is 2. The van der Waals surface area contributed by atoms with Crippen LogP contribution in [0, 0.1) is 6.92 Å². The molecule has 1 rings (SSSR count). The molecule has 0 amide bonds. The summed E-state index contributed by atoms with van der Waals surface area (Å²) in [6.45, 7) is 5.04. The summed E-state index contributed by atoms with van der Waals surface area (Å²) in [7, 11) is 0. The molecule has 0 N–H and O–H groups in total. The number of hydrogen-bond acceptors (Lipinski definition) is 3. The molecule has 76 valence electrons. The van der Waals surface area contributed by atoms with Crippen molar-refractivity contribution in [1.82, 2.24) is 0 Å². The van der Waals surface area contributed by atoms with E-state index in [-0.39, 0.29) is 5.97 Å². The Balaban J connectivity index is 2.51. The minimum absolute atomic E-state index is 0.343. The van der Waals surface area contributed by atoms with Gasteiger partial charge in [0.1, 0.15) is 5.75 Å². The van der Waals surface area contributed by atoms with Crippen molar-refractivity contribution >= 4 is 5.97 Å². The van der Waals surface area contributed by atoms with Crippen LogP contribution in [-0.4, -0.2) is 12.3 Å². The first kappa shape index (κ1) is 10.6. The predicted molar refractivity (Wildman–Crippen MR) is 53.0 cm³/mol. The second-order valence-electron chi connectivity index (χ2n) is 3.11. The van der Waals surface area contributed by atoms with Crippen molar-refractivity contribution in [3.8, 4) is 5.75 Å². The van der Waals surface area contributed by atoms with Crippen LogP contribution in [0.2, 0.25) is 0 Å². The molecule has 1 aromatic rings. The summed E-state index contributed by atoms with van der Waals surface area (Å²) < 4.78 is 10.2. The van der Waals surface area contributed by atoms with E-state index in [9.17, 15) is 4.79 Å². The van der Waals surface area contributed by atoms with E-state index in [4.69, 9.17) is 9.47 Å². The zero-order valence-electron chi connectivity index (χ0n) is 8.61. The lowest BCUT2D eigenvalue weighted by molar-refractivity contribution is -0.158. The number of aryl methyl sites for hydroxylation is 1. The molecule has 1 aromatic carbocycles. The summed E-state index contributed by atoms with van der Waals surface area (Å²) in [6, 6.07) is 7.57. The van der Waals surface area contributed by atoms with E-state index in [1.807, 2.05) is 31.2 Å². The van der Waals surface area contributed by atoms with Crippen LogP contribution in [0.25, 0.3) is 0 Å². The number of benzene rings is 1. The number of carbonyl (C=O) groups excluding carboxylic acids is 1. The lowest BCUT2D eigenvalue weighted by atomic mass is 10.2. The van der Waals surface area contributed by atoms with Gasteiger partial charge in [0.2, 0.25) is 6.29 Å². The van der Waals surface area contributed by atoms with Crippen molar-refractivity contribution in [1.29, 1.82) is 0 Å². The first-order valence-corrected chi connectivity index (χ1v) is 4.48. The summed E-state index contributed by atoms with van der Waals surface area (Å²) in [6.07, 6.45) is -0.546. The van der Waals surface area contributed by atoms with Crippen molar-refractivity contribution < 1.29 is 14.3 Å². The van der Waals surface area contributed by atoms with Gasteiger partial charge in [-0.25, -0.2) is 0 Å². The minimum Gasteiger partial charge on any atom is -0.455 e. The molecular weight excluding hydrogens is 180 g/mol. The Bertz CT molecular complexity index is 303. The second kappa shape index (κ2) is 4.65. The molecule has 0 aliphatic rings. The van der Waals surface area contributed by atoms with Gasteiger partial charge in [-0.2, -0.15) is 0 Å². The fourth-order valence-corrected chi connectivity index (χ4v) is 1.07. The molecular formula is C11H14O3. The maximum atomic E-state index is 10.6. The molecule has 14 heavy (non-hydrogen) atoms. The minimum atomic E-state index is -0.546. The Morgan fingerprint density at radius 1 is 1.29 bits per heavy atom. The van der Waals surface area contributed by atoms with E-state index in [1.165, 1.54) is 6.92 Å². The third kappa shape index (κ3) is 3.47. The van der Waals surface area contributed by atoms with Gasteiger partial charge in [-0.1, -0.05) is 17.7 Å². The van der Waals surface area contributed by atoms with Crippen molar-refractivity contribution in [2.75, 3.05) is 0 Å². The second-order valence-corrected chi connectivity index (χ2v) is 3.11. The Morgan fingerprint density at radius 2 is 1.86 bits per heavy atom. The molecule has 0 bridgehead atoms. The van der Waals surface area contributed by atoms with Gasteiger partial charge in [0.15, 0.2) is 0 Å². The fourth-order valence-electron chi connectivity index (χ4n) is 1.07. The van der Waals surface area contributed by atoms with Gasteiger partial charge >= 0.3 is 5.97 Å². The fraction of sp³-hybridized carbons (Fsp3) is 0.364. The third-order valence-electron chi connectivity index (χ3n) is 1.65. The van der Waals surface area contributed by atoms with Crippen LogP contribution < -0.4 is 4.74 Å². The van der Waals surface area contributed by atoms with Crippen LogP contribution in [0.5, 0.6) is 5.75 Å². The van der Waals surface area contributed by atoms with Crippen molar-refractivity contribution in [2.24, 2.45) is 0 Å². The van der Waals surface area contributed by atoms with Gasteiger partial charge in [-0.05, 0) is 19.1 Å². The Kier molecular flexibility index (Phi) is 3.51. The SMILES string of the molecule is CC(=O)OC(C)Oc1ccc(C)cc1. The number of esters is 1. The first-order chi connectivity index (χ1) is 6.58. The smallest absolute Gasteiger partial charge is 0.305 e. The van der Waals surface area contributed by atoms with Crippen molar-refractivity contribution in [2.45, 2.75) is 27.1 Å². The van der Waals surface area contributed by atoms with Crippen LogP contribution in [0.3, 0.4) is 0 Å². The number of hydrogen-bond donors (Lipinski definition) is 0. The van der Waals surface area contributed by atoms with Gasteiger partial charge in [0.05, 0.1) is 0 Å². The molecule has 3 heteroatoms. The standard InChI is InChI=1S/C11H14O3/c1-8-4-6-11(7-5-8)14-10(3)13-9(2)12/h4-7,10H,1-3H3. The molecule has 0 heterocycles. The van der Waals surface area contributed by atoms with E-state index in [0.717, 1.165) is 5.56 Å². The molecule has 0 fully saturated rings. The average Bonchev–Trinajstić information content (AvgIpc) is 2.07. The van der Waals surface area contributed by atoms with Crippen LogP contribution >= 0.6 is 0 Å². The number of rotatable bonds is 3. The van der Waals surface area contributed by atoms with E-state index < -0.39 is 6.29 Å². The van der Waals surface area contributed by atoms with Gasteiger partial charge in [0, 0.05) is 13.8 Å². The molecule has 0 aromatic heterocycles. The Labute approximate surface area is 83.6 Å². The van der Waals surface area contributed by atoms with Crippen LogP contribution in [0.15, 0.2) is 24.3 Å². The van der Waals surface area contributed by atoms with Crippen LogP contribution in [-0.2, 0) is 9.53 Å². The van der Waals surface area contributed by atoms with Crippen molar-refractivity contribution in [3.05, 3.63) is 29.8 Å². The van der Waals surface area contributed by atoms with Crippen molar-refractivity contribution in [3.63, 3.8) is 0 Å². The lowest BCUT2D eigenvalue weighted by Gasteiger charge is -2.13. The van der Waals surface area contributed by atoms with Crippen LogP contribution in [0.4, 0.5) is 0 Å². The summed E-state index contributed by atoms with van der Waals surface area (Å²) in [5.41, 5.74) is 1.16. The highest BCUT2D eigenvalue weighted by atomic mass is 16.7. The maximum Gasteiger partial charge on any atom is 0.305 e. The average molecular weight is 194 g/mol. The summed E-state index contributed by atoms with van der Waals surface area (Å²) in [5, 5.41) is 0. The molecule has 0 radical (unpaired) electrons. The molecule has 0 saturated heterocycles. The van der Waals surface area contributed by atoms with Gasteiger partial charge in [-0.15, -0.1) is 0 Å². The van der Waals surface area contributed by atoms with Crippen LogP contribution in [0.1, 0.15) is 19.4 Å². The molecule has 0 aliphatic carbocycles. The van der Waals surface area contributed by atoms with E-state index in [0.29, 0.717) is 5.75 Å². The zero-order valence-corrected chi connectivity index (χ0v) is 8.61. The highest BCUT2D eigenvalue weighted by Crippen LogP contribution is 2.13. The van der Waals surface area contributed by atoms with E-state index >= 15 is 0 Å². The zero-order chi connectivity index (χ0) is 10.6. The monoisotopic (exact) mass is 194 g/mol.